The number of carbonyl (C=O) groups is 1. The van der Waals surface area contributed by atoms with Crippen molar-refractivity contribution in [2.75, 3.05) is 26.9 Å². The van der Waals surface area contributed by atoms with Gasteiger partial charge in [-0.05, 0) is 42.7 Å². The summed E-state index contributed by atoms with van der Waals surface area (Å²) in [5.41, 5.74) is 2.25. The molecule has 1 fully saturated rings. The van der Waals surface area contributed by atoms with Crippen LogP contribution in [0, 0.1) is 0 Å². The second-order valence-corrected chi connectivity index (χ2v) is 7.39. The van der Waals surface area contributed by atoms with Crippen molar-refractivity contribution in [3.05, 3.63) is 66.0 Å². The third kappa shape index (κ3) is 3.26. The third-order valence-corrected chi connectivity index (χ3v) is 5.59. The molecule has 5 rings (SSSR count). The molecule has 7 heteroatoms. The number of likely N-dealkylation sites (tertiary alicyclic amines) is 1. The Morgan fingerprint density at radius 2 is 1.90 bits per heavy atom. The van der Waals surface area contributed by atoms with Gasteiger partial charge >= 0.3 is 0 Å². The second-order valence-electron chi connectivity index (χ2n) is 7.39. The van der Waals surface area contributed by atoms with Crippen LogP contribution >= 0.6 is 0 Å². The van der Waals surface area contributed by atoms with E-state index < -0.39 is 0 Å². The van der Waals surface area contributed by atoms with E-state index in [4.69, 9.17) is 14.2 Å². The van der Waals surface area contributed by atoms with Crippen LogP contribution in [0.3, 0.4) is 0 Å². The Morgan fingerprint density at radius 3 is 2.70 bits per heavy atom. The summed E-state index contributed by atoms with van der Waals surface area (Å²) in [6, 6.07) is 15.6. The summed E-state index contributed by atoms with van der Waals surface area (Å²) in [6.45, 7) is 1.78. The van der Waals surface area contributed by atoms with Crippen molar-refractivity contribution in [1.82, 2.24) is 14.7 Å². The highest BCUT2D eigenvalue weighted by Crippen LogP contribution is 2.39. The van der Waals surface area contributed by atoms with Crippen molar-refractivity contribution >= 4 is 5.91 Å². The van der Waals surface area contributed by atoms with Crippen LogP contribution in [0.5, 0.6) is 17.2 Å². The van der Waals surface area contributed by atoms with E-state index in [0.717, 1.165) is 35.6 Å². The van der Waals surface area contributed by atoms with Gasteiger partial charge < -0.3 is 19.1 Å². The Morgan fingerprint density at radius 1 is 1.10 bits per heavy atom. The van der Waals surface area contributed by atoms with Gasteiger partial charge in [-0.15, -0.1) is 0 Å². The minimum atomic E-state index is -0.126. The summed E-state index contributed by atoms with van der Waals surface area (Å²) in [7, 11) is 1.56. The molecule has 2 aliphatic heterocycles. The van der Waals surface area contributed by atoms with E-state index in [9.17, 15) is 4.79 Å². The van der Waals surface area contributed by atoms with Gasteiger partial charge in [0, 0.05) is 6.54 Å². The number of hydrogen-bond acceptors (Lipinski definition) is 5. The molecule has 1 unspecified atom stereocenters. The van der Waals surface area contributed by atoms with Gasteiger partial charge in [0.1, 0.15) is 13.2 Å². The number of methoxy groups -OCH3 is 1. The Kier molecular flexibility index (Phi) is 4.78. The minimum absolute atomic E-state index is 0.0279. The summed E-state index contributed by atoms with van der Waals surface area (Å²) in [5.74, 6) is 1.84. The molecule has 154 valence electrons. The fourth-order valence-electron chi connectivity index (χ4n) is 4.13. The number of nitrogens with zero attached hydrogens (tertiary/aromatic N) is 3. The van der Waals surface area contributed by atoms with Crippen molar-refractivity contribution in [1.29, 1.82) is 0 Å². The first kappa shape index (κ1) is 18.5. The van der Waals surface area contributed by atoms with Crippen molar-refractivity contribution in [3.63, 3.8) is 0 Å². The van der Waals surface area contributed by atoms with Gasteiger partial charge in [-0.2, -0.15) is 5.10 Å². The summed E-state index contributed by atoms with van der Waals surface area (Å²) in [6.07, 6.45) is 3.58. The van der Waals surface area contributed by atoms with Gasteiger partial charge in [0.2, 0.25) is 0 Å². The molecule has 0 radical (unpaired) electrons. The smallest absolute Gasteiger partial charge is 0.278 e. The lowest BCUT2D eigenvalue weighted by Crippen LogP contribution is -2.31. The monoisotopic (exact) mass is 405 g/mol. The largest absolute Gasteiger partial charge is 0.493 e. The predicted molar refractivity (Wildman–Crippen MR) is 111 cm³/mol. The zero-order chi connectivity index (χ0) is 20.5. The molecule has 0 spiro atoms. The number of fused-ring (bicyclic) bond motifs is 1. The van der Waals surface area contributed by atoms with E-state index in [0.29, 0.717) is 31.2 Å². The lowest BCUT2D eigenvalue weighted by atomic mass is 10.0. The molecular formula is C23H23N3O4. The van der Waals surface area contributed by atoms with Crippen molar-refractivity contribution in [2.45, 2.75) is 18.9 Å². The van der Waals surface area contributed by atoms with Crippen molar-refractivity contribution < 1.29 is 19.0 Å². The van der Waals surface area contributed by atoms with Crippen molar-refractivity contribution in [2.24, 2.45) is 0 Å². The SMILES string of the molecule is COc1cn(-c2ccccc2)nc1C(=O)N1CCCC1c1ccc2c(c1)OCCO2. The molecule has 3 heterocycles. The maximum Gasteiger partial charge on any atom is 0.278 e. The summed E-state index contributed by atoms with van der Waals surface area (Å²) in [4.78, 5) is 15.3. The minimum Gasteiger partial charge on any atom is -0.493 e. The van der Waals surface area contributed by atoms with Crippen LogP contribution in [-0.2, 0) is 0 Å². The van der Waals surface area contributed by atoms with E-state index >= 15 is 0 Å². The van der Waals surface area contributed by atoms with Gasteiger partial charge in [-0.25, -0.2) is 4.68 Å². The van der Waals surface area contributed by atoms with E-state index in [2.05, 4.69) is 5.10 Å². The highest BCUT2D eigenvalue weighted by atomic mass is 16.6. The molecule has 2 aliphatic rings. The molecule has 0 N–H and O–H groups in total. The fourth-order valence-corrected chi connectivity index (χ4v) is 4.13. The Hall–Kier alpha value is -3.48. The van der Waals surface area contributed by atoms with Crippen LogP contribution in [0.1, 0.15) is 34.9 Å². The number of hydrogen-bond donors (Lipinski definition) is 0. The molecule has 1 amide bonds. The first-order valence-electron chi connectivity index (χ1n) is 10.1. The number of para-hydroxylation sites is 1. The van der Waals surface area contributed by atoms with Crippen molar-refractivity contribution in [3.8, 4) is 22.9 Å². The number of carbonyl (C=O) groups excluding carboxylic acids is 1. The maximum atomic E-state index is 13.5. The van der Waals surface area contributed by atoms with Crippen LogP contribution in [0.25, 0.3) is 5.69 Å². The second kappa shape index (κ2) is 7.74. The van der Waals surface area contributed by atoms with Gasteiger partial charge in [0.05, 0.1) is 25.0 Å². The molecule has 0 saturated carbocycles. The van der Waals surface area contributed by atoms with Crippen LogP contribution in [0.2, 0.25) is 0 Å². The van der Waals surface area contributed by atoms with E-state index in [-0.39, 0.29) is 11.9 Å². The van der Waals surface area contributed by atoms with E-state index in [1.807, 2.05) is 53.4 Å². The van der Waals surface area contributed by atoms with Gasteiger partial charge in [-0.3, -0.25) is 4.79 Å². The summed E-state index contributed by atoms with van der Waals surface area (Å²) >= 11 is 0. The quantitative estimate of drug-likeness (QED) is 0.663. The van der Waals surface area contributed by atoms with E-state index in [1.165, 1.54) is 0 Å². The van der Waals surface area contributed by atoms with Crippen LogP contribution in [0.4, 0.5) is 0 Å². The number of benzene rings is 2. The fraction of sp³-hybridized carbons (Fsp3) is 0.304. The Bertz CT molecular complexity index is 1060. The molecule has 30 heavy (non-hydrogen) atoms. The molecule has 1 aromatic heterocycles. The molecule has 3 aromatic rings. The van der Waals surface area contributed by atoms with Crippen LogP contribution in [-0.4, -0.2) is 47.5 Å². The van der Waals surface area contributed by atoms with Gasteiger partial charge in [-0.1, -0.05) is 24.3 Å². The third-order valence-electron chi connectivity index (χ3n) is 5.59. The molecule has 0 aliphatic carbocycles. The molecule has 2 aromatic carbocycles. The number of rotatable bonds is 4. The van der Waals surface area contributed by atoms with Crippen LogP contribution < -0.4 is 14.2 Å². The topological polar surface area (TPSA) is 65.8 Å². The zero-order valence-corrected chi connectivity index (χ0v) is 16.8. The number of aromatic nitrogens is 2. The standard InChI is InChI=1S/C23H23N3O4/c1-28-21-15-26(17-6-3-2-4-7-17)24-22(21)23(27)25-11-5-8-18(25)16-9-10-19-20(14-16)30-13-12-29-19/h2-4,6-7,9-10,14-15,18H,5,8,11-13H2,1H3. The molecule has 0 bridgehead atoms. The zero-order valence-electron chi connectivity index (χ0n) is 16.8. The predicted octanol–water partition coefficient (Wildman–Crippen LogP) is 3.63. The lowest BCUT2D eigenvalue weighted by Gasteiger charge is -2.26. The lowest BCUT2D eigenvalue weighted by molar-refractivity contribution is 0.0725. The average Bonchev–Trinajstić information content (AvgIpc) is 3.46. The number of ether oxygens (including phenoxy) is 3. The van der Waals surface area contributed by atoms with E-state index in [1.54, 1.807) is 18.0 Å². The molecule has 1 saturated heterocycles. The van der Waals surface area contributed by atoms with Crippen LogP contribution in [0.15, 0.2) is 54.7 Å². The van der Waals surface area contributed by atoms with Gasteiger partial charge in [0.15, 0.2) is 22.9 Å². The highest BCUT2D eigenvalue weighted by molar-refractivity contribution is 5.95. The summed E-state index contributed by atoms with van der Waals surface area (Å²) in [5, 5.41) is 4.55. The Balaban J connectivity index is 1.45. The summed E-state index contributed by atoms with van der Waals surface area (Å²) < 4.78 is 18.5. The first-order valence-corrected chi connectivity index (χ1v) is 10.1. The highest BCUT2D eigenvalue weighted by Gasteiger charge is 2.34. The van der Waals surface area contributed by atoms with Gasteiger partial charge in [0.25, 0.3) is 5.91 Å². The first-order chi connectivity index (χ1) is 14.7. The normalized spacial score (nSPS) is 17.8. The molecule has 1 atom stereocenters. The number of amides is 1. The maximum absolute atomic E-state index is 13.5. The Labute approximate surface area is 174 Å². The average molecular weight is 405 g/mol. The molecular weight excluding hydrogens is 382 g/mol. The molecule has 7 nitrogen and oxygen atoms in total.